The number of amides is 2. The van der Waals surface area contributed by atoms with Crippen molar-refractivity contribution in [1.29, 1.82) is 0 Å². The third-order valence-corrected chi connectivity index (χ3v) is 16.0. The van der Waals surface area contributed by atoms with Crippen LogP contribution in [-0.2, 0) is 14.0 Å². The SMILES string of the molecule is C/C(=C\c1ccc(O)cc1)CC[C@@H](O)C1=C(CO[Si](c2ccccc2)(c2ccccc2)C(C)(C)C)C[C@H]2C(=O)N(c3cccc([N+](=O)[O-])c3)C(=O)[C@H]2[C@H]1CO. The Morgan fingerprint density at radius 2 is 1.56 bits per heavy atom. The van der Waals surface area contributed by atoms with Crippen LogP contribution >= 0.6 is 0 Å². The van der Waals surface area contributed by atoms with Gasteiger partial charge in [-0.1, -0.05) is 111 Å². The molecule has 0 aromatic heterocycles. The molecule has 0 radical (unpaired) electrons. The number of nitro benzene ring substituents is 1. The van der Waals surface area contributed by atoms with E-state index >= 15 is 0 Å². The highest BCUT2D eigenvalue weighted by Gasteiger charge is 2.56. The highest BCUT2D eigenvalue weighted by Crippen LogP contribution is 2.48. The molecule has 286 valence electrons. The first-order valence-corrected chi connectivity index (χ1v) is 20.5. The largest absolute Gasteiger partial charge is 0.508 e. The van der Waals surface area contributed by atoms with Crippen LogP contribution < -0.4 is 15.3 Å². The molecule has 1 fully saturated rings. The second-order valence-corrected chi connectivity index (χ2v) is 19.9. The molecule has 10 nitrogen and oxygen atoms in total. The molecule has 0 unspecified atom stereocenters. The van der Waals surface area contributed by atoms with E-state index in [0.29, 0.717) is 17.6 Å². The summed E-state index contributed by atoms with van der Waals surface area (Å²) in [6.45, 7) is 8.00. The maximum absolute atomic E-state index is 14.3. The second kappa shape index (κ2) is 16.3. The van der Waals surface area contributed by atoms with Gasteiger partial charge in [-0.3, -0.25) is 19.7 Å². The second-order valence-electron chi connectivity index (χ2n) is 15.6. The number of aliphatic hydroxyl groups is 2. The van der Waals surface area contributed by atoms with Gasteiger partial charge in [-0.15, -0.1) is 0 Å². The number of carbonyl (C=O) groups excluding carboxylic acids is 2. The van der Waals surface area contributed by atoms with Crippen molar-refractivity contribution >= 4 is 48.0 Å². The smallest absolute Gasteiger partial charge is 0.271 e. The van der Waals surface area contributed by atoms with Gasteiger partial charge in [-0.05, 0) is 76.5 Å². The number of imide groups is 1. The summed E-state index contributed by atoms with van der Waals surface area (Å²) in [6.07, 6.45) is 1.79. The number of hydrogen-bond acceptors (Lipinski definition) is 8. The number of nitro groups is 1. The third-order valence-electron chi connectivity index (χ3n) is 11.0. The number of anilines is 1. The van der Waals surface area contributed by atoms with Crippen LogP contribution in [0.15, 0.2) is 126 Å². The van der Waals surface area contributed by atoms with Gasteiger partial charge in [0, 0.05) is 18.1 Å². The molecule has 4 atom stereocenters. The van der Waals surface area contributed by atoms with Gasteiger partial charge >= 0.3 is 0 Å². The number of non-ortho nitro benzene ring substituents is 1. The summed E-state index contributed by atoms with van der Waals surface area (Å²) in [6, 6.07) is 32.5. The molecule has 11 heteroatoms. The molecule has 55 heavy (non-hydrogen) atoms. The van der Waals surface area contributed by atoms with Gasteiger partial charge in [-0.2, -0.15) is 0 Å². The van der Waals surface area contributed by atoms with Crippen molar-refractivity contribution in [2.45, 2.75) is 58.1 Å². The minimum atomic E-state index is -3.09. The first-order valence-electron chi connectivity index (χ1n) is 18.6. The number of aliphatic hydroxyl groups excluding tert-OH is 2. The molecule has 1 heterocycles. The van der Waals surface area contributed by atoms with Crippen molar-refractivity contribution in [3.05, 3.63) is 142 Å². The van der Waals surface area contributed by atoms with E-state index in [-0.39, 0.29) is 41.6 Å². The topological polar surface area (TPSA) is 150 Å². The zero-order valence-corrected chi connectivity index (χ0v) is 32.6. The number of nitrogens with zero attached hydrogens (tertiary/aromatic N) is 2. The number of phenolic OH excluding ortho intramolecular Hbond substituents is 1. The van der Waals surface area contributed by atoms with Gasteiger partial charge in [0.05, 0.1) is 41.8 Å². The summed E-state index contributed by atoms with van der Waals surface area (Å²) < 4.78 is 7.33. The lowest BCUT2D eigenvalue weighted by Crippen LogP contribution is -2.66. The molecule has 3 N–H and O–H groups in total. The zero-order chi connectivity index (χ0) is 39.5. The Labute approximate surface area is 322 Å². The number of hydrogen-bond donors (Lipinski definition) is 3. The molecular weight excluding hydrogens is 713 g/mol. The number of phenols is 1. The maximum atomic E-state index is 14.3. The minimum Gasteiger partial charge on any atom is -0.508 e. The number of carbonyl (C=O) groups is 2. The fraction of sp³-hybridized carbons (Fsp3) is 0.318. The summed E-state index contributed by atoms with van der Waals surface area (Å²) in [5.41, 5.74) is 2.89. The van der Waals surface area contributed by atoms with Crippen LogP contribution in [0.3, 0.4) is 0 Å². The lowest BCUT2D eigenvalue weighted by molar-refractivity contribution is -0.384. The van der Waals surface area contributed by atoms with Crippen molar-refractivity contribution in [1.82, 2.24) is 0 Å². The molecule has 1 aliphatic carbocycles. The van der Waals surface area contributed by atoms with Crippen molar-refractivity contribution in [3.63, 3.8) is 0 Å². The summed E-state index contributed by atoms with van der Waals surface area (Å²) in [5, 5.41) is 46.3. The van der Waals surface area contributed by atoms with Crippen LogP contribution in [0.1, 0.15) is 52.5 Å². The van der Waals surface area contributed by atoms with Gasteiger partial charge in [0.15, 0.2) is 0 Å². The first kappa shape index (κ1) is 39.5. The van der Waals surface area contributed by atoms with E-state index in [1.165, 1.54) is 24.3 Å². The molecule has 2 amide bonds. The fourth-order valence-electron chi connectivity index (χ4n) is 8.50. The molecule has 1 aliphatic heterocycles. The normalized spacial score (nSPS) is 19.8. The minimum absolute atomic E-state index is 0.0556. The summed E-state index contributed by atoms with van der Waals surface area (Å²) >= 11 is 0. The number of aromatic hydroxyl groups is 1. The first-order chi connectivity index (χ1) is 26.3. The Bertz CT molecular complexity index is 2050. The average molecular weight is 761 g/mol. The summed E-state index contributed by atoms with van der Waals surface area (Å²) in [5.74, 6) is -3.64. The van der Waals surface area contributed by atoms with Crippen LogP contribution in [0, 0.1) is 27.9 Å². The highest BCUT2D eigenvalue weighted by atomic mass is 28.4. The Balaban J connectivity index is 1.42. The number of benzene rings is 4. The third kappa shape index (κ3) is 7.83. The molecule has 6 rings (SSSR count). The van der Waals surface area contributed by atoms with Crippen LogP contribution in [0.25, 0.3) is 6.08 Å². The van der Waals surface area contributed by atoms with Gasteiger partial charge in [0.1, 0.15) is 5.75 Å². The molecule has 0 spiro atoms. The Kier molecular flexibility index (Phi) is 11.7. The predicted octanol–water partition coefficient (Wildman–Crippen LogP) is 6.54. The van der Waals surface area contributed by atoms with Crippen LogP contribution in [0.4, 0.5) is 11.4 Å². The van der Waals surface area contributed by atoms with Crippen molar-refractivity contribution in [2.24, 2.45) is 17.8 Å². The summed E-state index contributed by atoms with van der Waals surface area (Å²) in [4.78, 5) is 40.5. The lowest BCUT2D eigenvalue weighted by atomic mass is 9.68. The maximum Gasteiger partial charge on any atom is 0.271 e. The average Bonchev–Trinajstić information content (AvgIpc) is 3.42. The van der Waals surface area contributed by atoms with Crippen molar-refractivity contribution in [2.75, 3.05) is 18.1 Å². The van der Waals surface area contributed by atoms with E-state index in [1.54, 1.807) is 24.3 Å². The van der Waals surface area contributed by atoms with E-state index in [1.807, 2.05) is 49.4 Å². The predicted molar refractivity (Wildman–Crippen MR) is 215 cm³/mol. The standard InChI is InChI=1S/C44H48N2O8Si/c1-29(24-30-19-21-34(48)22-20-30)18-23-39(49)40-31(28-54-55(44(2,3)4,35-14-7-5-8-15-35)36-16-9-6-10-17-36)25-37-41(38(40)27-47)43(51)45(42(37)50)32-12-11-13-33(26-32)46(52)53/h5-17,19-22,24,26,37-39,41,47-49H,18,23,25,27-28H2,1-4H3/b29-24+/t37-,38+,39-,41-/m1/s1. The van der Waals surface area contributed by atoms with E-state index in [0.717, 1.165) is 26.4 Å². The Morgan fingerprint density at radius 3 is 2.13 bits per heavy atom. The lowest BCUT2D eigenvalue weighted by Gasteiger charge is -2.44. The van der Waals surface area contributed by atoms with Gasteiger partial charge in [0.25, 0.3) is 14.0 Å². The number of fused-ring (bicyclic) bond motifs is 1. The quantitative estimate of drug-likeness (QED) is 0.0458. The number of allylic oxidation sites excluding steroid dienone is 1. The van der Waals surface area contributed by atoms with Crippen molar-refractivity contribution in [3.8, 4) is 5.75 Å². The van der Waals surface area contributed by atoms with E-state index in [4.69, 9.17) is 4.43 Å². The molecule has 2 aliphatic rings. The van der Waals surface area contributed by atoms with Crippen molar-refractivity contribution < 1.29 is 34.3 Å². The summed E-state index contributed by atoms with van der Waals surface area (Å²) in [7, 11) is -3.09. The number of rotatable bonds is 13. The van der Waals surface area contributed by atoms with Crippen LogP contribution in [0.5, 0.6) is 5.75 Å². The van der Waals surface area contributed by atoms with E-state index in [9.17, 15) is 35.0 Å². The van der Waals surface area contributed by atoms with E-state index < -0.39 is 55.5 Å². The Morgan fingerprint density at radius 1 is 0.945 bits per heavy atom. The van der Waals surface area contributed by atoms with Gasteiger partial charge in [-0.25, -0.2) is 4.90 Å². The molecule has 0 saturated carbocycles. The highest BCUT2D eigenvalue weighted by molar-refractivity contribution is 6.99. The Hall–Kier alpha value is -5.20. The van der Waals surface area contributed by atoms with Crippen LogP contribution in [-0.4, -0.2) is 59.7 Å². The molecule has 4 aromatic carbocycles. The molecule has 1 saturated heterocycles. The molecule has 4 aromatic rings. The van der Waals surface area contributed by atoms with Gasteiger partial charge < -0.3 is 19.7 Å². The molecular formula is C44H48N2O8Si. The fourth-order valence-corrected chi connectivity index (χ4v) is 13.0. The van der Waals surface area contributed by atoms with Crippen LogP contribution in [0.2, 0.25) is 5.04 Å². The zero-order valence-electron chi connectivity index (χ0n) is 31.6. The van der Waals surface area contributed by atoms with E-state index in [2.05, 4.69) is 45.0 Å². The molecule has 0 bridgehead atoms. The van der Waals surface area contributed by atoms with Gasteiger partial charge in [0.2, 0.25) is 11.8 Å². The monoisotopic (exact) mass is 760 g/mol.